The second-order valence-electron chi connectivity index (χ2n) is 10.9. The molecule has 0 aliphatic carbocycles. The highest BCUT2D eigenvalue weighted by Gasteiger charge is 2.53. The number of aryl methyl sites for hydroxylation is 1. The molecular formula is C32H36N4O3. The van der Waals surface area contributed by atoms with E-state index < -0.39 is 11.6 Å². The molecule has 2 fully saturated rings. The lowest BCUT2D eigenvalue weighted by Gasteiger charge is -2.51. The van der Waals surface area contributed by atoms with Crippen molar-refractivity contribution in [3.05, 3.63) is 96.1 Å². The van der Waals surface area contributed by atoms with Gasteiger partial charge in [-0.25, -0.2) is 0 Å². The van der Waals surface area contributed by atoms with Crippen LogP contribution in [0.2, 0.25) is 0 Å². The number of aromatic nitrogens is 1. The smallest absolute Gasteiger partial charge is 0.246 e. The van der Waals surface area contributed by atoms with Gasteiger partial charge >= 0.3 is 0 Å². The zero-order valence-corrected chi connectivity index (χ0v) is 22.3. The third-order valence-electron chi connectivity index (χ3n) is 8.52. The summed E-state index contributed by atoms with van der Waals surface area (Å²) in [5.41, 5.74) is 2.59. The number of nitrogens with zero attached hydrogens (tertiary/aromatic N) is 2. The van der Waals surface area contributed by atoms with E-state index in [0.29, 0.717) is 31.6 Å². The Labute approximate surface area is 229 Å². The SMILES string of the molecule is O=C1C(Cc2c[nH]c3ccccc23)NC(=O)C2(CCN(CCCCc3ccccc3)CC2)N1Cc1ccco1. The summed E-state index contributed by atoms with van der Waals surface area (Å²) in [6, 6.07) is 21.8. The Morgan fingerprint density at radius 1 is 0.923 bits per heavy atom. The Morgan fingerprint density at radius 3 is 2.51 bits per heavy atom. The molecule has 7 heteroatoms. The number of H-pyrrole nitrogens is 1. The molecule has 2 saturated heterocycles. The van der Waals surface area contributed by atoms with Gasteiger partial charge in [0.2, 0.25) is 11.8 Å². The molecule has 2 aromatic heterocycles. The maximum atomic E-state index is 14.0. The number of nitrogens with one attached hydrogen (secondary N) is 2. The van der Waals surface area contributed by atoms with Gasteiger partial charge in [-0.1, -0.05) is 48.5 Å². The lowest BCUT2D eigenvalue weighted by molar-refractivity contribution is -0.162. The first-order chi connectivity index (χ1) is 19.1. The Bertz CT molecular complexity index is 1400. The molecular weight excluding hydrogens is 488 g/mol. The van der Waals surface area contributed by atoms with E-state index in [1.54, 1.807) is 6.26 Å². The van der Waals surface area contributed by atoms with E-state index in [2.05, 4.69) is 45.5 Å². The summed E-state index contributed by atoms with van der Waals surface area (Å²) in [5, 5.41) is 4.21. The molecule has 2 aliphatic heterocycles. The summed E-state index contributed by atoms with van der Waals surface area (Å²) in [7, 11) is 0. The standard InChI is InChI=1S/C32H36N4O3/c37-30-29(21-25-22-33-28-14-5-4-13-27(25)28)34-31(38)32(36(30)23-26-12-8-20-39-26)15-18-35(19-16-32)17-7-6-11-24-9-2-1-3-10-24/h1-5,8-10,12-14,20,22,29,33H,6-7,11,15-19,21,23H2,(H,34,38). The fraction of sp³-hybridized carbons (Fsp3) is 0.375. The zero-order chi connectivity index (χ0) is 26.7. The Hall–Kier alpha value is -3.84. The number of piperidine rings is 1. The van der Waals surface area contributed by atoms with E-state index in [1.165, 1.54) is 5.56 Å². The number of aromatic amines is 1. The largest absolute Gasteiger partial charge is 0.467 e. The molecule has 2 N–H and O–H groups in total. The molecule has 1 unspecified atom stereocenters. The quantitative estimate of drug-likeness (QED) is 0.311. The maximum Gasteiger partial charge on any atom is 0.246 e. The van der Waals surface area contributed by atoms with Crippen molar-refractivity contribution in [1.82, 2.24) is 20.1 Å². The van der Waals surface area contributed by atoms with Gasteiger partial charge in [0.05, 0.1) is 12.8 Å². The Kier molecular flexibility index (Phi) is 7.24. The van der Waals surface area contributed by atoms with Gasteiger partial charge in [0.1, 0.15) is 17.3 Å². The Balaban J connectivity index is 1.14. The average Bonchev–Trinajstić information content (AvgIpc) is 3.64. The highest BCUT2D eigenvalue weighted by Crippen LogP contribution is 2.35. The number of carbonyl (C=O) groups is 2. The summed E-state index contributed by atoms with van der Waals surface area (Å²) in [6.45, 7) is 2.92. The second-order valence-corrected chi connectivity index (χ2v) is 10.9. The molecule has 202 valence electrons. The predicted octanol–water partition coefficient (Wildman–Crippen LogP) is 4.69. The highest BCUT2D eigenvalue weighted by atomic mass is 16.3. The van der Waals surface area contributed by atoms with Crippen molar-refractivity contribution in [1.29, 1.82) is 0 Å². The number of hydrogen-bond acceptors (Lipinski definition) is 4. The first-order valence-electron chi connectivity index (χ1n) is 14.1. The van der Waals surface area contributed by atoms with E-state index in [-0.39, 0.29) is 11.8 Å². The van der Waals surface area contributed by atoms with Crippen molar-refractivity contribution < 1.29 is 14.0 Å². The number of unbranched alkanes of at least 4 members (excludes halogenated alkanes) is 1. The zero-order valence-electron chi connectivity index (χ0n) is 22.3. The molecule has 1 atom stereocenters. The molecule has 0 radical (unpaired) electrons. The number of amides is 2. The summed E-state index contributed by atoms with van der Waals surface area (Å²) < 4.78 is 5.63. The second kappa shape index (κ2) is 11.1. The molecule has 2 aliphatic rings. The average molecular weight is 525 g/mol. The third kappa shape index (κ3) is 5.23. The number of para-hydroxylation sites is 1. The van der Waals surface area contributed by atoms with Gasteiger partial charge < -0.3 is 24.5 Å². The molecule has 6 rings (SSSR count). The minimum absolute atomic E-state index is 0.0346. The first-order valence-corrected chi connectivity index (χ1v) is 14.1. The van der Waals surface area contributed by atoms with E-state index in [0.717, 1.165) is 55.4 Å². The number of fused-ring (bicyclic) bond motifs is 1. The monoisotopic (exact) mass is 524 g/mol. The minimum Gasteiger partial charge on any atom is -0.467 e. The molecule has 4 aromatic rings. The van der Waals surface area contributed by atoms with Crippen LogP contribution in [0, 0.1) is 0 Å². The number of carbonyl (C=O) groups excluding carboxylic acids is 2. The van der Waals surface area contributed by atoms with Crippen LogP contribution in [0.15, 0.2) is 83.6 Å². The van der Waals surface area contributed by atoms with Gasteiger partial charge in [-0.05, 0) is 68.0 Å². The number of furan rings is 1. The van der Waals surface area contributed by atoms with E-state index in [9.17, 15) is 9.59 Å². The molecule has 4 heterocycles. The molecule has 2 amide bonds. The minimum atomic E-state index is -0.846. The van der Waals surface area contributed by atoms with Gasteiger partial charge in [0.15, 0.2) is 0 Å². The number of hydrogen-bond donors (Lipinski definition) is 2. The van der Waals surface area contributed by atoms with Gasteiger partial charge in [0, 0.05) is 36.6 Å². The first kappa shape index (κ1) is 25.4. The van der Waals surface area contributed by atoms with Crippen LogP contribution in [-0.2, 0) is 29.0 Å². The summed E-state index contributed by atoms with van der Waals surface area (Å²) in [6.07, 6.45) is 8.63. The van der Waals surface area contributed by atoms with Crippen LogP contribution in [0.3, 0.4) is 0 Å². The van der Waals surface area contributed by atoms with Crippen LogP contribution >= 0.6 is 0 Å². The fourth-order valence-corrected chi connectivity index (χ4v) is 6.28. The van der Waals surface area contributed by atoms with Crippen LogP contribution in [0.1, 0.15) is 42.6 Å². The van der Waals surface area contributed by atoms with Crippen LogP contribution in [-0.4, -0.2) is 57.8 Å². The van der Waals surface area contributed by atoms with Gasteiger partial charge in [-0.3, -0.25) is 9.59 Å². The number of piperazine rings is 1. The topological polar surface area (TPSA) is 81.6 Å². The normalized spacial score (nSPS) is 19.6. The van der Waals surface area contributed by atoms with Gasteiger partial charge in [-0.15, -0.1) is 0 Å². The number of rotatable bonds is 9. The lowest BCUT2D eigenvalue weighted by atomic mass is 9.81. The lowest BCUT2D eigenvalue weighted by Crippen LogP contribution is -2.72. The van der Waals surface area contributed by atoms with Crippen molar-refractivity contribution >= 4 is 22.7 Å². The number of likely N-dealkylation sites (tertiary alicyclic amines) is 1. The summed E-state index contributed by atoms with van der Waals surface area (Å²) in [5.74, 6) is 0.626. The molecule has 0 bridgehead atoms. The molecule has 1 spiro atoms. The van der Waals surface area contributed by atoms with Crippen LogP contribution in [0.25, 0.3) is 10.9 Å². The Morgan fingerprint density at radius 2 is 1.72 bits per heavy atom. The highest BCUT2D eigenvalue weighted by molar-refractivity contribution is 6.00. The van der Waals surface area contributed by atoms with Crippen molar-refractivity contribution in [2.45, 2.75) is 56.7 Å². The molecule has 39 heavy (non-hydrogen) atoms. The van der Waals surface area contributed by atoms with E-state index in [4.69, 9.17) is 4.42 Å². The van der Waals surface area contributed by atoms with E-state index >= 15 is 0 Å². The van der Waals surface area contributed by atoms with E-state index in [1.807, 2.05) is 47.5 Å². The van der Waals surface area contributed by atoms with Crippen LogP contribution in [0.5, 0.6) is 0 Å². The van der Waals surface area contributed by atoms with Crippen molar-refractivity contribution in [2.24, 2.45) is 0 Å². The van der Waals surface area contributed by atoms with Crippen molar-refractivity contribution in [3.8, 4) is 0 Å². The van der Waals surface area contributed by atoms with Crippen molar-refractivity contribution in [2.75, 3.05) is 19.6 Å². The van der Waals surface area contributed by atoms with Gasteiger partial charge in [0.25, 0.3) is 0 Å². The van der Waals surface area contributed by atoms with Gasteiger partial charge in [-0.2, -0.15) is 0 Å². The fourth-order valence-electron chi connectivity index (χ4n) is 6.28. The third-order valence-corrected chi connectivity index (χ3v) is 8.52. The maximum absolute atomic E-state index is 14.0. The predicted molar refractivity (Wildman–Crippen MR) is 151 cm³/mol. The molecule has 0 saturated carbocycles. The number of benzene rings is 2. The molecule has 2 aromatic carbocycles. The summed E-state index contributed by atoms with van der Waals surface area (Å²) >= 11 is 0. The summed E-state index contributed by atoms with van der Waals surface area (Å²) in [4.78, 5) is 35.4. The van der Waals surface area contributed by atoms with Crippen molar-refractivity contribution in [3.63, 3.8) is 0 Å². The van der Waals surface area contributed by atoms with Crippen LogP contribution < -0.4 is 5.32 Å². The molecule has 7 nitrogen and oxygen atoms in total. The van der Waals surface area contributed by atoms with Crippen LogP contribution in [0.4, 0.5) is 0 Å².